The van der Waals surface area contributed by atoms with Gasteiger partial charge in [0, 0.05) is 25.0 Å². The molecular weight excluding hydrogens is 289 g/mol. The fourth-order valence-electron chi connectivity index (χ4n) is 2.35. The number of hydrogen-bond acceptors (Lipinski definition) is 5. The number of aromatic nitrogens is 3. The number of fused-ring (bicyclic) bond motifs is 1. The maximum atomic E-state index is 12.8. The smallest absolute Gasteiger partial charge is 0.394 e. The molecule has 0 saturated carbocycles. The fraction of sp³-hybridized carbons (Fsp3) is 0.500. The summed E-state index contributed by atoms with van der Waals surface area (Å²) in [5.41, 5.74) is -0.712. The highest BCUT2D eigenvalue weighted by atomic mass is 19.4. The summed E-state index contributed by atoms with van der Waals surface area (Å²) in [5, 5.41) is 12.9. The van der Waals surface area contributed by atoms with Gasteiger partial charge in [0.25, 0.3) is 0 Å². The van der Waals surface area contributed by atoms with Crippen molar-refractivity contribution >= 4 is 11.3 Å². The molecule has 3 rings (SSSR count). The van der Waals surface area contributed by atoms with Crippen molar-refractivity contribution in [2.45, 2.75) is 12.2 Å². The molecule has 0 spiro atoms. The Balaban J connectivity index is 2.07. The topological polar surface area (TPSA) is 62.9 Å². The van der Waals surface area contributed by atoms with Gasteiger partial charge in [-0.1, -0.05) is 0 Å². The number of halogens is 3. The Hall–Kier alpha value is -1.87. The molecule has 3 heterocycles. The number of aliphatic hydroxyl groups excluding tert-OH is 1. The monoisotopic (exact) mass is 302 g/mol. The Morgan fingerprint density at radius 2 is 2.24 bits per heavy atom. The second-order valence-corrected chi connectivity index (χ2v) is 4.71. The number of aliphatic hydroxyl groups is 1. The molecule has 114 valence electrons. The zero-order valence-corrected chi connectivity index (χ0v) is 10.9. The molecule has 1 saturated heterocycles. The van der Waals surface area contributed by atoms with Gasteiger partial charge in [0.1, 0.15) is 5.52 Å². The number of morpholine rings is 1. The van der Waals surface area contributed by atoms with E-state index >= 15 is 0 Å². The minimum absolute atomic E-state index is 0.164. The van der Waals surface area contributed by atoms with E-state index in [0.717, 1.165) is 10.6 Å². The lowest BCUT2D eigenvalue weighted by molar-refractivity contribution is -0.141. The van der Waals surface area contributed by atoms with Crippen LogP contribution in [0.4, 0.5) is 19.0 Å². The normalized spacial score (nSPS) is 20.2. The van der Waals surface area contributed by atoms with Crippen LogP contribution in [0.25, 0.3) is 5.52 Å². The maximum Gasteiger partial charge on any atom is 0.435 e. The summed E-state index contributed by atoms with van der Waals surface area (Å²) in [6, 6.07) is 0.633. The largest absolute Gasteiger partial charge is 0.435 e. The van der Waals surface area contributed by atoms with Gasteiger partial charge in [-0.05, 0) is 0 Å². The first-order valence-electron chi connectivity index (χ1n) is 6.37. The van der Waals surface area contributed by atoms with Crippen molar-refractivity contribution in [2.75, 3.05) is 31.3 Å². The lowest BCUT2D eigenvalue weighted by Gasteiger charge is -2.35. The molecule has 6 nitrogen and oxygen atoms in total. The van der Waals surface area contributed by atoms with Crippen LogP contribution in [0.2, 0.25) is 0 Å². The Morgan fingerprint density at radius 1 is 1.43 bits per heavy atom. The summed E-state index contributed by atoms with van der Waals surface area (Å²) in [6.07, 6.45) is -1.76. The van der Waals surface area contributed by atoms with Gasteiger partial charge in [0.2, 0.25) is 0 Å². The first-order chi connectivity index (χ1) is 10.0. The molecule has 1 atom stereocenters. The quantitative estimate of drug-likeness (QED) is 0.895. The SMILES string of the molecule is OCC1COCCN1c1nccn2nc(C(F)(F)F)cc12. The summed E-state index contributed by atoms with van der Waals surface area (Å²) < 4.78 is 44.7. The number of ether oxygens (including phenoxy) is 1. The van der Waals surface area contributed by atoms with Crippen LogP contribution < -0.4 is 4.90 Å². The van der Waals surface area contributed by atoms with Crippen molar-refractivity contribution in [3.63, 3.8) is 0 Å². The van der Waals surface area contributed by atoms with E-state index in [1.165, 1.54) is 12.4 Å². The van der Waals surface area contributed by atoms with E-state index in [-0.39, 0.29) is 18.2 Å². The Kier molecular flexibility index (Phi) is 3.46. The number of nitrogens with zero attached hydrogens (tertiary/aromatic N) is 4. The Morgan fingerprint density at radius 3 is 2.95 bits per heavy atom. The van der Waals surface area contributed by atoms with E-state index in [1.807, 2.05) is 0 Å². The Bertz CT molecular complexity index is 643. The molecule has 1 fully saturated rings. The summed E-state index contributed by atoms with van der Waals surface area (Å²) in [6.45, 7) is 1.02. The summed E-state index contributed by atoms with van der Waals surface area (Å²) in [4.78, 5) is 5.91. The lowest BCUT2D eigenvalue weighted by Crippen LogP contribution is -2.48. The highest BCUT2D eigenvalue weighted by Crippen LogP contribution is 2.31. The van der Waals surface area contributed by atoms with Crippen molar-refractivity contribution < 1.29 is 23.0 Å². The van der Waals surface area contributed by atoms with Gasteiger partial charge >= 0.3 is 6.18 Å². The van der Waals surface area contributed by atoms with Crippen molar-refractivity contribution in [3.05, 3.63) is 24.2 Å². The van der Waals surface area contributed by atoms with Crippen LogP contribution in [0.1, 0.15) is 5.69 Å². The van der Waals surface area contributed by atoms with E-state index in [9.17, 15) is 18.3 Å². The van der Waals surface area contributed by atoms with Crippen LogP contribution in [0.3, 0.4) is 0 Å². The third kappa shape index (κ3) is 2.54. The molecule has 2 aromatic heterocycles. The molecule has 1 aliphatic heterocycles. The molecule has 2 aromatic rings. The molecule has 0 aromatic carbocycles. The molecule has 1 aliphatic rings. The van der Waals surface area contributed by atoms with Crippen LogP contribution in [0.5, 0.6) is 0 Å². The van der Waals surface area contributed by atoms with E-state index < -0.39 is 11.9 Å². The molecule has 0 radical (unpaired) electrons. The average molecular weight is 302 g/mol. The summed E-state index contributed by atoms with van der Waals surface area (Å²) in [5.74, 6) is 0.364. The second kappa shape index (κ2) is 5.15. The highest BCUT2D eigenvalue weighted by Gasteiger charge is 2.35. The van der Waals surface area contributed by atoms with Crippen molar-refractivity contribution in [1.29, 1.82) is 0 Å². The predicted octanol–water partition coefficient (Wildman–Crippen LogP) is 0.946. The predicted molar refractivity (Wildman–Crippen MR) is 67.0 cm³/mol. The Labute approximate surface area is 117 Å². The molecule has 0 amide bonds. The molecule has 21 heavy (non-hydrogen) atoms. The minimum Gasteiger partial charge on any atom is -0.394 e. The standard InChI is InChI=1S/C12H13F3N4O2/c13-12(14,15)10-5-9-11(16-1-2-19(9)17-10)18-3-4-21-7-8(18)6-20/h1-2,5,8,20H,3-4,6-7H2. The maximum absolute atomic E-state index is 12.8. The molecule has 1 unspecified atom stereocenters. The minimum atomic E-state index is -4.51. The third-order valence-corrected chi connectivity index (χ3v) is 3.37. The second-order valence-electron chi connectivity index (χ2n) is 4.71. The molecule has 0 aliphatic carbocycles. The first kappa shape index (κ1) is 14.1. The number of anilines is 1. The zero-order valence-electron chi connectivity index (χ0n) is 10.9. The fourth-order valence-corrected chi connectivity index (χ4v) is 2.35. The van der Waals surface area contributed by atoms with Crippen molar-refractivity contribution in [1.82, 2.24) is 14.6 Å². The van der Waals surface area contributed by atoms with Gasteiger partial charge in [0.05, 0.1) is 25.9 Å². The van der Waals surface area contributed by atoms with Gasteiger partial charge < -0.3 is 14.7 Å². The highest BCUT2D eigenvalue weighted by molar-refractivity contribution is 5.69. The molecule has 1 N–H and O–H groups in total. The van der Waals surface area contributed by atoms with Crippen LogP contribution >= 0.6 is 0 Å². The van der Waals surface area contributed by atoms with Crippen LogP contribution in [0.15, 0.2) is 18.5 Å². The first-order valence-corrected chi connectivity index (χ1v) is 6.37. The van der Waals surface area contributed by atoms with Gasteiger partial charge in [-0.3, -0.25) is 0 Å². The van der Waals surface area contributed by atoms with E-state index in [1.54, 1.807) is 4.90 Å². The van der Waals surface area contributed by atoms with Gasteiger partial charge in [-0.25, -0.2) is 9.50 Å². The van der Waals surface area contributed by atoms with Crippen LogP contribution in [-0.2, 0) is 10.9 Å². The van der Waals surface area contributed by atoms with E-state index in [4.69, 9.17) is 4.74 Å². The van der Waals surface area contributed by atoms with Crippen LogP contribution in [-0.4, -0.2) is 52.1 Å². The number of rotatable bonds is 2. The lowest BCUT2D eigenvalue weighted by atomic mass is 10.2. The van der Waals surface area contributed by atoms with Gasteiger partial charge in [0.15, 0.2) is 11.5 Å². The summed E-state index contributed by atoms with van der Waals surface area (Å²) in [7, 11) is 0. The van der Waals surface area contributed by atoms with E-state index in [2.05, 4.69) is 10.1 Å². The number of alkyl halides is 3. The van der Waals surface area contributed by atoms with Gasteiger partial charge in [-0.15, -0.1) is 0 Å². The molecule has 9 heteroatoms. The third-order valence-electron chi connectivity index (χ3n) is 3.37. The average Bonchev–Trinajstić information content (AvgIpc) is 2.91. The van der Waals surface area contributed by atoms with E-state index in [0.29, 0.717) is 25.6 Å². The van der Waals surface area contributed by atoms with Crippen LogP contribution in [0, 0.1) is 0 Å². The molecule has 0 bridgehead atoms. The van der Waals surface area contributed by atoms with Gasteiger partial charge in [-0.2, -0.15) is 18.3 Å². The van der Waals surface area contributed by atoms with Crippen molar-refractivity contribution in [2.24, 2.45) is 0 Å². The molecular formula is C12H13F3N4O2. The number of hydrogen-bond donors (Lipinski definition) is 1. The van der Waals surface area contributed by atoms with Crippen molar-refractivity contribution in [3.8, 4) is 0 Å². The zero-order chi connectivity index (χ0) is 15.0. The summed E-state index contributed by atoms with van der Waals surface area (Å²) >= 11 is 0.